The molecule has 5 rings (SSSR count). The molecule has 0 amide bonds. The lowest BCUT2D eigenvalue weighted by Crippen LogP contribution is -2.29. The third kappa shape index (κ3) is 6.41. The molecule has 3 unspecified atom stereocenters. The molecule has 2 heteroatoms. The van der Waals surface area contributed by atoms with Crippen LogP contribution in [0.2, 0.25) is 0 Å². The number of ether oxygens (including phenoxy) is 1. The minimum absolute atomic E-state index is 0.196. The molecule has 0 aliphatic heterocycles. The fraction of sp³-hybridized carbons (Fsp3) is 0.189. The molecule has 0 fully saturated rings. The second-order valence-corrected chi connectivity index (χ2v) is 10.3. The lowest BCUT2D eigenvalue weighted by molar-refractivity contribution is 0.379. The highest BCUT2D eigenvalue weighted by molar-refractivity contribution is 5.75. The van der Waals surface area contributed by atoms with Gasteiger partial charge in [-0.1, -0.05) is 123 Å². The van der Waals surface area contributed by atoms with Crippen LogP contribution in [0.5, 0.6) is 5.75 Å². The van der Waals surface area contributed by atoms with E-state index in [0.717, 1.165) is 36.1 Å². The first-order valence-electron chi connectivity index (χ1n) is 13.8. The maximum atomic E-state index is 6.15. The first-order chi connectivity index (χ1) is 19.1. The van der Waals surface area contributed by atoms with Crippen molar-refractivity contribution in [2.24, 2.45) is 5.92 Å². The Morgan fingerprint density at radius 3 is 2.44 bits per heavy atom. The van der Waals surface area contributed by atoms with Crippen molar-refractivity contribution in [2.75, 3.05) is 0 Å². The van der Waals surface area contributed by atoms with Gasteiger partial charge in [0.25, 0.3) is 0 Å². The van der Waals surface area contributed by atoms with Crippen LogP contribution in [0.15, 0.2) is 158 Å². The van der Waals surface area contributed by atoms with Crippen LogP contribution >= 0.6 is 0 Å². The average molecular weight is 512 g/mol. The molecule has 0 radical (unpaired) electrons. The summed E-state index contributed by atoms with van der Waals surface area (Å²) in [6, 6.07) is 18.8. The van der Waals surface area contributed by atoms with Crippen molar-refractivity contribution in [3.8, 4) is 5.75 Å². The molecule has 3 atom stereocenters. The quantitative estimate of drug-likeness (QED) is 0.246. The molecule has 2 aromatic carbocycles. The summed E-state index contributed by atoms with van der Waals surface area (Å²) in [5.41, 5.74) is 6.96. The van der Waals surface area contributed by atoms with Gasteiger partial charge in [0, 0.05) is 23.4 Å². The fourth-order valence-electron chi connectivity index (χ4n) is 5.31. The van der Waals surface area contributed by atoms with E-state index in [1.807, 2.05) is 24.3 Å². The monoisotopic (exact) mass is 511 g/mol. The van der Waals surface area contributed by atoms with Gasteiger partial charge in [0.1, 0.15) is 12.0 Å². The van der Waals surface area contributed by atoms with Gasteiger partial charge in [-0.3, -0.25) is 0 Å². The fourth-order valence-corrected chi connectivity index (χ4v) is 5.31. The molecule has 0 N–H and O–H groups in total. The largest absolute Gasteiger partial charge is 0.463 e. The number of hydrogen-bond donors (Lipinski definition) is 0. The van der Waals surface area contributed by atoms with Gasteiger partial charge in [-0.05, 0) is 59.6 Å². The summed E-state index contributed by atoms with van der Waals surface area (Å²) in [6.45, 7) is 10.2. The van der Waals surface area contributed by atoms with Gasteiger partial charge >= 0.3 is 0 Å². The first-order valence-corrected chi connectivity index (χ1v) is 13.8. The minimum Gasteiger partial charge on any atom is -0.463 e. The van der Waals surface area contributed by atoms with E-state index in [-0.39, 0.29) is 6.04 Å². The molecule has 0 saturated heterocycles. The summed E-state index contributed by atoms with van der Waals surface area (Å²) in [7, 11) is 0. The standard InChI is InChI=1S/C37H37NO/c1-4-29(3)36-15-8-9-16-37(36)39-26-25-38(34-21-17-31(18-22-34)30-12-6-5-7-13-30)35-23-19-32(20-24-35)33-14-10-11-28(2)27-33/h4-10,12-17,19-23,25-28,31,35H,1,3,11,18,24H2,2H3/b26-25-. The second-order valence-electron chi connectivity index (χ2n) is 10.3. The molecule has 3 aliphatic rings. The van der Waals surface area contributed by atoms with Crippen LogP contribution in [-0.2, 0) is 0 Å². The molecule has 39 heavy (non-hydrogen) atoms. The lowest BCUT2D eigenvalue weighted by atomic mass is 9.89. The van der Waals surface area contributed by atoms with Crippen molar-refractivity contribution in [2.45, 2.75) is 38.1 Å². The molecular formula is C37H37NO. The Kier molecular flexibility index (Phi) is 8.43. The molecular weight excluding hydrogens is 474 g/mol. The highest BCUT2D eigenvalue weighted by Gasteiger charge is 2.21. The van der Waals surface area contributed by atoms with Gasteiger partial charge in [0.15, 0.2) is 0 Å². The van der Waals surface area contributed by atoms with E-state index in [1.165, 1.54) is 22.4 Å². The van der Waals surface area contributed by atoms with E-state index < -0.39 is 0 Å². The van der Waals surface area contributed by atoms with E-state index in [4.69, 9.17) is 4.74 Å². The van der Waals surface area contributed by atoms with Crippen molar-refractivity contribution in [1.29, 1.82) is 0 Å². The van der Waals surface area contributed by atoms with Crippen LogP contribution in [0.4, 0.5) is 0 Å². The van der Waals surface area contributed by atoms with E-state index in [9.17, 15) is 0 Å². The van der Waals surface area contributed by atoms with E-state index >= 15 is 0 Å². The third-order valence-corrected chi connectivity index (χ3v) is 7.54. The van der Waals surface area contributed by atoms with Gasteiger partial charge in [0.05, 0.1) is 6.04 Å². The topological polar surface area (TPSA) is 12.5 Å². The van der Waals surface area contributed by atoms with E-state index in [1.54, 1.807) is 12.3 Å². The normalized spacial score (nSPS) is 22.2. The van der Waals surface area contributed by atoms with Crippen molar-refractivity contribution in [1.82, 2.24) is 4.90 Å². The second kappa shape index (κ2) is 12.5. The van der Waals surface area contributed by atoms with Gasteiger partial charge in [-0.25, -0.2) is 0 Å². The Morgan fingerprint density at radius 1 is 0.897 bits per heavy atom. The summed E-state index contributed by atoms with van der Waals surface area (Å²) >= 11 is 0. The van der Waals surface area contributed by atoms with Crippen molar-refractivity contribution >= 4 is 5.57 Å². The summed E-state index contributed by atoms with van der Waals surface area (Å²) in [4.78, 5) is 2.32. The number of benzene rings is 2. The number of nitrogens with zero attached hydrogens (tertiary/aromatic N) is 1. The predicted octanol–water partition coefficient (Wildman–Crippen LogP) is 9.44. The summed E-state index contributed by atoms with van der Waals surface area (Å²) in [5.74, 6) is 1.75. The smallest absolute Gasteiger partial charge is 0.134 e. The highest BCUT2D eigenvalue weighted by Crippen LogP contribution is 2.32. The third-order valence-electron chi connectivity index (χ3n) is 7.54. The Labute approximate surface area is 233 Å². The maximum Gasteiger partial charge on any atom is 0.134 e. The van der Waals surface area contributed by atoms with Gasteiger partial charge in [-0.2, -0.15) is 0 Å². The lowest BCUT2D eigenvalue weighted by Gasteiger charge is -2.32. The molecule has 196 valence electrons. The van der Waals surface area contributed by atoms with E-state index in [0.29, 0.717) is 11.8 Å². The molecule has 0 saturated carbocycles. The number of allylic oxidation sites excluding steroid dienone is 11. The van der Waals surface area contributed by atoms with Crippen LogP contribution in [0.25, 0.3) is 5.57 Å². The zero-order valence-corrected chi connectivity index (χ0v) is 22.7. The van der Waals surface area contributed by atoms with Crippen molar-refractivity contribution in [3.05, 3.63) is 169 Å². The Morgan fingerprint density at radius 2 is 1.72 bits per heavy atom. The van der Waals surface area contributed by atoms with Crippen LogP contribution < -0.4 is 4.74 Å². The molecule has 0 aromatic heterocycles. The van der Waals surface area contributed by atoms with Gasteiger partial charge in [-0.15, -0.1) is 0 Å². The summed E-state index contributed by atoms with van der Waals surface area (Å²) in [5, 5.41) is 0. The molecule has 0 spiro atoms. The van der Waals surface area contributed by atoms with Crippen LogP contribution in [0.1, 0.15) is 43.2 Å². The number of rotatable bonds is 9. The van der Waals surface area contributed by atoms with E-state index in [2.05, 4.69) is 116 Å². The molecule has 0 bridgehead atoms. The Bertz CT molecular complexity index is 1410. The number of hydrogen-bond acceptors (Lipinski definition) is 2. The summed E-state index contributed by atoms with van der Waals surface area (Å²) < 4.78 is 6.15. The molecule has 3 aliphatic carbocycles. The average Bonchev–Trinajstić information content (AvgIpc) is 3.00. The maximum absolute atomic E-state index is 6.15. The molecule has 2 nitrogen and oxygen atoms in total. The Hall–Kier alpha value is -4.30. The van der Waals surface area contributed by atoms with Crippen LogP contribution in [0.3, 0.4) is 0 Å². The number of para-hydroxylation sites is 1. The zero-order valence-electron chi connectivity index (χ0n) is 22.7. The van der Waals surface area contributed by atoms with Crippen LogP contribution in [-0.4, -0.2) is 10.9 Å². The van der Waals surface area contributed by atoms with Crippen LogP contribution in [0, 0.1) is 5.92 Å². The molecule has 0 heterocycles. The van der Waals surface area contributed by atoms with Gasteiger partial charge < -0.3 is 9.64 Å². The first kappa shape index (κ1) is 26.3. The zero-order chi connectivity index (χ0) is 27.0. The van der Waals surface area contributed by atoms with Crippen molar-refractivity contribution < 1.29 is 4.74 Å². The van der Waals surface area contributed by atoms with Crippen molar-refractivity contribution in [3.63, 3.8) is 0 Å². The Balaban J connectivity index is 1.36. The van der Waals surface area contributed by atoms with Gasteiger partial charge in [0.2, 0.25) is 0 Å². The predicted molar refractivity (Wildman–Crippen MR) is 165 cm³/mol. The molecule has 2 aromatic rings. The minimum atomic E-state index is 0.196. The summed E-state index contributed by atoms with van der Waals surface area (Å²) in [6.07, 6.45) is 29.4. The highest BCUT2D eigenvalue weighted by atomic mass is 16.5. The SMILES string of the molecule is C=CC(=C)c1ccccc1O/C=C\N(C1=CCC(c2ccccc2)C=C1)C1C=CC(C2=CC(C)CC=C2)=CC1.